The Morgan fingerprint density at radius 3 is 2.50 bits per heavy atom. The molecule has 0 saturated carbocycles. The zero-order valence-corrected chi connectivity index (χ0v) is 13.0. The molecule has 0 N–H and O–H groups in total. The van der Waals surface area contributed by atoms with Gasteiger partial charge in [0.05, 0.1) is 10.7 Å². The summed E-state index contributed by atoms with van der Waals surface area (Å²) in [6, 6.07) is 4.52. The van der Waals surface area contributed by atoms with Crippen LogP contribution in [0.3, 0.4) is 0 Å². The Balaban J connectivity index is 2.25. The van der Waals surface area contributed by atoms with Crippen molar-refractivity contribution in [1.29, 1.82) is 0 Å². The Hall–Kier alpha value is -1.40. The fourth-order valence-corrected chi connectivity index (χ4v) is 2.80. The minimum Gasteiger partial charge on any atom is -0.360 e. The molecule has 108 valence electrons. The molecule has 2 aromatic rings. The van der Waals surface area contributed by atoms with E-state index in [1.165, 1.54) is 18.3 Å². The van der Waals surface area contributed by atoms with Crippen molar-refractivity contribution >= 4 is 21.4 Å². The van der Waals surface area contributed by atoms with Gasteiger partial charge in [-0.2, -0.15) is 0 Å². The molecule has 2 heterocycles. The van der Waals surface area contributed by atoms with Crippen LogP contribution in [0.25, 0.3) is 0 Å². The van der Waals surface area contributed by atoms with Gasteiger partial charge in [-0.05, 0) is 12.1 Å². The first-order valence-corrected chi connectivity index (χ1v) is 8.02. The number of sulfone groups is 1. The Morgan fingerprint density at radius 1 is 1.30 bits per heavy atom. The van der Waals surface area contributed by atoms with E-state index in [-0.39, 0.29) is 16.2 Å². The summed E-state index contributed by atoms with van der Waals surface area (Å²) in [5.74, 6) is 0.0247. The quantitative estimate of drug-likeness (QED) is 0.870. The van der Waals surface area contributed by atoms with Crippen LogP contribution in [0.5, 0.6) is 0 Å². The highest BCUT2D eigenvalue weighted by molar-refractivity contribution is 7.90. The molecule has 0 aliphatic heterocycles. The maximum Gasteiger partial charge on any atom is 0.202 e. The van der Waals surface area contributed by atoms with E-state index < -0.39 is 9.84 Å². The topological polar surface area (TPSA) is 73.1 Å². The van der Waals surface area contributed by atoms with Crippen molar-refractivity contribution in [1.82, 2.24) is 10.1 Å². The van der Waals surface area contributed by atoms with E-state index in [0.29, 0.717) is 16.5 Å². The van der Waals surface area contributed by atoms with Crippen molar-refractivity contribution in [3.05, 3.63) is 40.9 Å². The van der Waals surface area contributed by atoms with Gasteiger partial charge in [0.15, 0.2) is 10.8 Å². The lowest BCUT2D eigenvalue weighted by Gasteiger charge is -2.12. The van der Waals surface area contributed by atoms with Gasteiger partial charge in [0.2, 0.25) is 9.84 Å². The van der Waals surface area contributed by atoms with Gasteiger partial charge in [-0.15, -0.1) is 0 Å². The van der Waals surface area contributed by atoms with Gasteiger partial charge in [-0.25, -0.2) is 13.4 Å². The smallest absolute Gasteiger partial charge is 0.202 e. The van der Waals surface area contributed by atoms with E-state index in [2.05, 4.69) is 10.1 Å². The van der Waals surface area contributed by atoms with Gasteiger partial charge in [-0.1, -0.05) is 37.5 Å². The molecule has 0 aromatic carbocycles. The second-order valence-corrected chi connectivity index (χ2v) is 7.88. The molecule has 20 heavy (non-hydrogen) atoms. The zero-order valence-electron chi connectivity index (χ0n) is 11.4. The predicted octanol–water partition coefficient (Wildman–Crippen LogP) is 2.99. The molecule has 0 bridgehead atoms. The molecule has 0 amide bonds. The summed E-state index contributed by atoms with van der Waals surface area (Å²) in [5.41, 5.74) is 0.524. The standard InChI is InChI=1S/C13H15ClN2O3S/c1-13(2,3)11-6-10(19-16-11)8-20(17,18)12-5-4-9(14)7-15-12/h4-7H,8H2,1-3H3. The molecule has 0 aliphatic rings. The van der Waals surface area contributed by atoms with Gasteiger partial charge in [-0.3, -0.25) is 0 Å². The number of hydrogen-bond acceptors (Lipinski definition) is 5. The maximum atomic E-state index is 12.2. The minimum absolute atomic E-state index is 0.0318. The van der Waals surface area contributed by atoms with Crippen LogP contribution in [0.2, 0.25) is 5.02 Å². The van der Waals surface area contributed by atoms with Gasteiger partial charge < -0.3 is 4.52 Å². The third-order valence-electron chi connectivity index (χ3n) is 2.68. The van der Waals surface area contributed by atoms with Crippen molar-refractivity contribution in [2.75, 3.05) is 0 Å². The number of pyridine rings is 1. The van der Waals surface area contributed by atoms with Crippen LogP contribution < -0.4 is 0 Å². The number of halogens is 1. The molecule has 0 saturated heterocycles. The molecule has 5 nitrogen and oxygen atoms in total. The van der Waals surface area contributed by atoms with E-state index in [1.54, 1.807) is 6.07 Å². The predicted molar refractivity (Wildman–Crippen MR) is 75.3 cm³/mol. The first kappa shape index (κ1) is 15.0. The lowest BCUT2D eigenvalue weighted by molar-refractivity contribution is 0.372. The Labute approximate surface area is 122 Å². The van der Waals surface area contributed by atoms with Crippen LogP contribution in [0, 0.1) is 0 Å². The Bertz CT molecular complexity index is 700. The molecule has 2 rings (SSSR count). The number of aromatic nitrogens is 2. The van der Waals surface area contributed by atoms with E-state index in [9.17, 15) is 8.42 Å². The van der Waals surface area contributed by atoms with Gasteiger partial charge in [0, 0.05) is 17.7 Å². The van der Waals surface area contributed by atoms with E-state index >= 15 is 0 Å². The fraction of sp³-hybridized carbons (Fsp3) is 0.385. The van der Waals surface area contributed by atoms with Crippen molar-refractivity contribution < 1.29 is 12.9 Å². The van der Waals surface area contributed by atoms with Crippen molar-refractivity contribution in [2.45, 2.75) is 37.0 Å². The van der Waals surface area contributed by atoms with Crippen LogP contribution in [0.4, 0.5) is 0 Å². The number of nitrogens with zero attached hydrogens (tertiary/aromatic N) is 2. The molecular weight excluding hydrogens is 300 g/mol. The molecule has 0 aliphatic carbocycles. The molecule has 2 aromatic heterocycles. The second-order valence-electron chi connectivity index (χ2n) is 5.50. The van der Waals surface area contributed by atoms with Crippen LogP contribution in [0.15, 0.2) is 33.9 Å². The molecular formula is C13H15ClN2O3S. The zero-order chi connectivity index (χ0) is 15.0. The fourth-order valence-electron chi connectivity index (χ4n) is 1.54. The van der Waals surface area contributed by atoms with Crippen molar-refractivity contribution in [3.8, 4) is 0 Å². The SMILES string of the molecule is CC(C)(C)c1cc(CS(=O)(=O)c2ccc(Cl)cn2)on1. The van der Waals surface area contributed by atoms with Crippen LogP contribution in [-0.4, -0.2) is 18.6 Å². The van der Waals surface area contributed by atoms with Crippen molar-refractivity contribution in [3.63, 3.8) is 0 Å². The summed E-state index contributed by atoms with van der Waals surface area (Å²) in [6.07, 6.45) is 1.30. The highest BCUT2D eigenvalue weighted by Gasteiger charge is 2.23. The highest BCUT2D eigenvalue weighted by atomic mass is 35.5. The third-order valence-corrected chi connectivity index (χ3v) is 4.45. The van der Waals surface area contributed by atoms with E-state index in [4.69, 9.17) is 16.1 Å². The average molecular weight is 315 g/mol. The van der Waals surface area contributed by atoms with Crippen LogP contribution in [0.1, 0.15) is 32.2 Å². The van der Waals surface area contributed by atoms with Crippen molar-refractivity contribution in [2.24, 2.45) is 0 Å². The maximum absolute atomic E-state index is 12.2. The Morgan fingerprint density at radius 2 is 2.00 bits per heavy atom. The minimum atomic E-state index is -3.57. The van der Waals surface area contributed by atoms with Crippen LogP contribution >= 0.6 is 11.6 Å². The molecule has 0 atom stereocenters. The number of rotatable bonds is 3. The van der Waals surface area contributed by atoms with Gasteiger partial charge in [0.25, 0.3) is 0 Å². The first-order valence-electron chi connectivity index (χ1n) is 5.99. The summed E-state index contributed by atoms with van der Waals surface area (Å²) in [4.78, 5) is 3.82. The van der Waals surface area contributed by atoms with Crippen LogP contribution in [-0.2, 0) is 21.0 Å². The first-order chi connectivity index (χ1) is 9.18. The lowest BCUT2D eigenvalue weighted by atomic mass is 9.92. The van der Waals surface area contributed by atoms with Gasteiger partial charge in [0.1, 0.15) is 5.75 Å². The monoisotopic (exact) mass is 314 g/mol. The molecule has 0 radical (unpaired) electrons. The summed E-state index contributed by atoms with van der Waals surface area (Å²) in [5, 5.41) is 4.25. The summed E-state index contributed by atoms with van der Waals surface area (Å²) < 4.78 is 29.4. The highest BCUT2D eigenvalue weighted by Crippen LogP contribution is 2.23. The van der Waals surface area contributed by atoms with E-state index in [1.807, 2.05) is 20.8 Å². The molecule has 0 fully saturated rings. The Kier molecular flexibility index (Phi) is 3.88. The van der Waals surface area contributed by atoms with E-state index in [0.717, 1.165) is 0 Å². The average Bonchev–Trinajstić information content (AvgIpc) is 2.77. The lowest BCUT2D eigenvalue weighted by Crippen LogP contribution is -2.11. The second kappa shape index (κ2) is 5.18. The molecule has 0 spiro atoms. The largest absolute Gasteiger partial charge is 0.360 e. The summed E-state index contributed by atoms with van der Waals surface area (Å²) >= 11 is 5.69. The van der Waals surface area contributed by atoms with Gasteiger partial charge >= 0.3 is 0 Å². The summed E-state index contributed by atoms with van der Waals surface area (Å²) in [6.45, 7) is 5.93. The third kappa shape index (κ3) is 3.37. The molecule has 7 heteroatoms. The normalized spacial score (nSPS) is 12.6. The number of hydrogen-bond donors (Lipinski definition) is 0. The molecule has 0 unspecified atom stereocenters. The summed E-state index contributed by atoms with van der Waals surface area (Å²) in [7, 11) is -3.57.